The Morgan fingerprint density at radius 2 is 2.05 bits per heavy atom. The summed E-state index contributed by atoms with van der Waals surface area (Å²) in [6, 6.07) is 9.46. The van der Waals surface area contributed by atoms with Gasteiger partial charge in [-0.15, -0.1) is 0 Å². The average molecular weight is 346 g/mol. The van der Waals surface area contributed by atoms with Gasteiger partial charge in [0.05, 0.1) is 11.6 Å². The first kappa shape index (κ1) is 14.1. The molecule has 4 nitrogen and oxygen atoms in total. The highest BCUT2D eigenvalue weighted by Crippen LogP contribution is 2.33. The number of aromatic nitrogens is 1. The summed E-state index contributed by atoms with van der Waals surface area (Å²) in [5.74, 6) is -0.000637. The van der Waals surface area contributed by atoms with Gasteiger partial charge in [-0.05, 0) is 48.7 Å². The lowest BCUT2D eigenvalue weighted by Gasteiger charge is -2.25. The molecule has 2 heterocycles. The number of halogens is 1. The van der Waals surface area contributed by atoms with Gasteiger partial charge in [0.25, 0.3) is 5.91 Å². The minimum Gasteiger partial charge on any atom is -0.398 e. The SMILES string of the molecule is Nc1cc(Br)ccc1C(=O)N1CCCC1c1ccncc1. The second-order valence-electron chi connectivity index (χ2n) is 5.17. The molecule has 1 aliphatic rings. The van der Waals surface area contributed by atoms with Gasteiger partial charge in [0, 0.05) is 29.1 Å². The molecule has 2 N–H and O–H groups in total. The number of nitrogens with two attached hydrogens (primary N) is 1. The van der Waals surface area contributed by atoms with Crippen LogP contribution < -0.4 is 5.73 Å². The van der Waals surface area contributed by atoms with Gasteiger partial charge < -0.3 is 10.6 Å². The van der Waals surface area contributed by atoms with E-state index in [0.717, 1.165) is 29.4 Å². The number of carbonyl (C=O) groups is 1. The summed E-state index contributed by atoms with van der Waals surface area (Å²) in [6.45, 7) is 0.765. The van der Waals surface area contributed by atoms with Gasteiger partial charge in [0.2, 0.25) is 0 Å². The highest BCUT2D eigenvalue weighted by molar-refractivity contribution is 9.10. The summed E-state index contributed by atoms with van der Waals surface area (Å²) in [5, 5.41) is 0. The quantitative estimate of drug-likeness (QED) is 0.848. The number of amides is 1. The van der Waals surface area contributed by atoms with Crippen molar-refractivity contribution in [3.8, 4) is 0 Å². The van der Waals surface area contributed by atoms with Crippen molar-refractivity contribution < 1.29 is 4.79 Å². The Bertz CT molecular complexity index is 660. The number of pyridine rings is 1. The highest BCUT2D eigenvalue weighted by atomic mass is 79.9. The predicted molar refractivity (Wildman–Crippen MR) is 85.8 cm³/mol. The Balaban J connectivity index is 1.90. The lowest BCUT2D eigenvalue weighted by molar-refractivity contribution is 0.0736. The van der Waals surface area contributed by atoms with E-state index in [0.29, 0.717) is 11.3 Å². The predicted octanol–water partition coefficient (Wildman–Crippen LogP) is 3.40. The van der Waals surface area contributed by atoms with Crippen LogP contribution in [-0.2, 0) is 0 Å². The number of likely N-dealkylation sites (tertiary alicyclic amines) is 1. The van der Waals surface area contributed by atoms with E-state index in [9.17, 15) is 4.79 Å². The van der Waals surface area contributed by atoms with Gasteiger partial charge in [-0.1, -0.05) is 15.9 Å². The summed E-state index contributed by atoms with van der Waals surface area (Å²) in [7, 11) is 0. The van der Waals surface area contributed by atoms with Crippen LogP contribution in [0.1, 0.15) is 34.8 Å². The fourth-order valence-electron chi connectivity index (χ4n) is 2.83. The summed E-state index contributed by atoms with van der Waals surface area (Å²) in [6.07, 6.45) is 5.52. The zero-order valence-electron chi connectivity index (χ0n) is 11.5. The van der Waals surface area contributed by atoms with E-state index in [2.05, 4.69) is 20.9 Å². The van der Waals surface area contributed by atoms with Gasteiger partial charge in [0.15, 0.2) is 0 Å². The summed E-state index contributed by atoms with van der Waals surface area (Å²) >= 11 is 3.37. The van der Waals surface area contributed by atoms with Crippen molar-refractivity contribution >= 4 is 27.5 Å². The van der Waals surface area contributed by atoms with E-state index < -0.39 is 0 Å². The van der Waals surface area contributed by atoms with Crippen LogP contribution in [0.25, 0.3) is 0 Å². The van der Waals surface area contributed by atoms with E-state index in [-0.39, 0.29) is 11.9 Å². The maximum Gasteiger partial charge on any atom is 0.256 e. The highest BCUT2D eigenvalue weighted by Gasteiger charge is 2.31. The minimum absolute atomic E-state index is 0.000637. The van der Waals surface area contributed by atoms with Gasteiger partial charge >= 0.3 is 0 Å². The van der Waals surface area contributed by atoms with Gasteiger partial charge in [-0.25, -0.2) is 0 Å². The zero-order chi connectivity index (χ0) is 14.8. The number of nitrogens with zero attached hydrogens (tertiary/aromatic N) is 2. The molecule has 3 rings (SSSR count). The van der Waals surface area contributed by atoms with Crippen LogP contribution in [0.3, 0.4) is 0 Å². The largest absolute Gasteiger partial charge is 0.398 e. The minimum atomic E-state index is -0.000637. The second-order valence-corrected chi connectivity index (χ2v) is 6.08. The molecule has 1 aromatic heterocycles. The number of rotatable bonds is 2. The first-order valence-corrected chi connectivity index (χ1v) is 7.72. The van der Waals surface area contributed by atoms with Crippen molar-refractivity contribution in [3.63, 3.8) is 0 Å². The average Bonchev–Trinajstić information content (AvgIpc) is 2.97. The fraction of sp³-hybridized carbons (Fsp3) is 0.250. The van der Waals surface area contributed by atoms with E-state index in [1.54, 1.807) is 24.5 Å². The van der Waals surface area contributed by atoms with Gasteiger partial charge in [-0.2, -0.15) is 0 Å². The number of benzene rings is 1. The monoisotopic (exact) mass is 345 g/mol. The lowest BCUT2D eigenvalue weighted by Crippen LogP contribution is -2.31. The first-order chi connectivity index (χ1) is 10.2. The van der Waals surface area contributed by atoms with Crippen molar-refractivity contribution in [1.29, 1.82) is 0 Å². The normalized spacial score (nSPS) is 18.0. The molecule has 1 atom stereocenters. The van der Waals surface area contributed by atoms with Crippen LogP contribution in [0.2, 0.25) is 0 Å². The Labute approximate surface area is 132 Å². The number of anilines is 1. The molecule has 0 spiro atoms. The molecule has 0 saturated carbocycles. The van der Waals surface area contributed by atoms with E-state index in [1.807, 2.05) is 23.1 Å². The maximum absolute atomic E-state index is 12.8. The van der Waals surface area contributed by atoms with Crippen molar-refractivity contribution in [3.05, 3.63) is 58.3 Å². The summed E-state index contributed by atoms with van der Waals surface area (Å²) in [5.41, 5.74) is 8.20. The lowest BCUT2D eigenvalue weighted by atomic mass is 10.1. The van der Waals surface area contributed by atoms with Crippen LogP contribution >= 0.6 is 15.9 Å². The van der Waals surface area contributed by atoms with Crippen molar-refractivity contribution in [1.82, 2.24) is 9.88 Å². The standard InChI is InChI=1S/C16H16BrN3O/c17-12-3-4-13(14(18)10-12)16(21)20-9-1-2-15(20)11-5-7-19-8-6-11/h3-8,10,15H,1-2,9,18H2. The molecule has 0 radical (unpaired) electrons. The van der Waals surface area contributed by atoms with E-state index in [4.69, 9.17) is 5.73 Å². The van der Waals surface area contributed by atoms with Crippen LogP contribution in [0.15, 0.2) is 47.2 Å². The van der Waals surface area contributed by atoms with Crippen LogP contribution in [0.4, 0.5) is 5.69 Å². The van der Waals surface area contributed by atoms with E-state index >= 15 is 0 Å². The molecule has 108 valence electrons. The summed E-state index contributed by atoms with van der Waals surface area (Å²) in [4.78, 5) is 18.7. The Kier molecular flexibility index (Phi) is 3.92. The first-order valence-electron chi connectivity index (χ1n) is 6.93. The van der Waals surface area contributed by atoms with Gasteiger partial charge in [-0.3, -0.25) is 9.78 Å². The Hall–Kier alpha value is -1.88. The molecule has 5 heteroatoms. The van der Waals surface area contributed by atoms with Crippen LogP contribution in [0.5, 0.6) is 0 Å². The number of nitrogen functional groups attached to an aromatic ring is 1. The molecule has 1 unspecified atom stereocenters. The molecular weight excluding hydrogens is 330 g/mol. The van der Waals surface area contributed by atoms with Gasteiger partial charge in [0.1, 0.15) is 0 Å². The third kappa shape index (κ3) is 2.78. The molecule has 1 aromatic carbocycles. The molecule has 1 saturated heterocycles. The molecule has 1 aliphatic heterocycles. The topological polar surface area (TPSA) is 59.2 Å². The zero-order valence-corrected chi connectivity index (χ0v) is 13.1. The van der Waals surface area contributed by atoms with Crippen LogP contribution in [-0.4, -0.2) is 22.3 Å². The number of hydrogen-bond donors (Lipinski definition) is 1. The molecule has 1 amide bonds. The molecule has 0 bridgehead atoms. The molecule has 2 aromatic rings. The van der Waals surface area contributed by atoms with Crippen molar-refractivity contribution in [2.45, 2.75) is 18.9 Å². The Morgan fingerprint density at radius 3 is 2.76 bits per heavy atom. The maximum atomic E-state index is 12.8. The van der Waals surface area contributed by atoms with E-state index in [1.165, 1.54) is 0 Å². The molecular formula is C16H16BrN3O. The fourth-order valence-corrected chi connectivity index (χ4v) is 3.20. The second kappa shape index (κ2) is 5.85. The molecule has 0 aliphatic carbocycles. The Morgan fingerprint density at radius 1 is 1.29 bits per heavy atom. The smallest absolute Gasteiger partial charge is 0.256 e. The van der Waals surface area contributed by atoms with Crippen molar-refractivity contribution in [2.75, 3.05) is 12.3 Å². The number of hydrogen-bond acceptors (Lipinski definition) is 3. The number of carbonyl (C=O) groups excluding carboxylic acids is 1. The van der Waals surface area contributed by atoms with Crippen LogP contribution in [0, 0.1) is 0 Å². The molecule has 1 fully saturated rings. The summed E-state index contributed by atoms with van der Waals surface area (Å²) < 4.78 is 0.878. The third-order valence-electron chi connectivity index (χ3n) is 3.85. The van der Waals surface area contributed by atoms with Crippen molar-refractivity contribution in [2.24, 2.45) is 0 Å². The molecule has 21 heavy (non-hydrogen) atoms. The third-order valence-corrected chi connectivity index (χ3v) is 4.34.